The zero-order valence-corrected chi connectivity index (χ0v) is 9.76. The van der Waals surface area contributed by atoms with Crippen LogP contribution in [-0.4, -0.2) is 16.1 Å². The van der Waals surface area contributed by atoms with Crippen molar-refractivity contribution in [3.8, 4) is 0 Å². The molecule has 0 radical (unpaired) electrons. The van der Waals surface area contributed by atoms with Crippen LogP contribution in [0.2, 0.25) is 0 Å². The fourth-order valence-electron chi connectivity index (χ4n) is 1.48. The van der Waals surface area contributed by atoms with Gasteiger partial charge in [-0.25, -0.2) is 4.98 Å². The van der Waals surface area contributed by atoms with Gasteiger partial charge in [-0.05, 0) is 19.0 Å². The van der Waals surface area contributed by atoms with Gasteiger partial charge < -0.3 is 10.3 Å². The lowest BCUT2D eigenvalue weighted by Gasteiger charge is -2.07. The first-order valence-corrected chi connectivity index (χ1v) is 5.45. The Kier molecular flexibility index (Phi) is 5.29. The zero-order valence-electron chi connectivity index (χ0n) is 9.76. The molecule has 1 aromatic heterocycles. The highest BCUT2D eigenvalue weighted by molar-refractivity contribution is 5.21. The summed E-state index contributed by atoms with van der Waals surface area (Å²) < 4.78 is 2.12. The van der Waals surface area contributed by atoms with Crippen molar-refractivity contribution in [3.63, 3.8) is 0 Å². The Morgan fingerprint density at radius 1 is 1.62 bits per heavy atom. The predicted octanol–water partition coefficient (Wildman–Crippen LogP) is 2.07. The van der Waals surface area contributed by atoms with Gasteiger partial charge in [-0.15, -0.1) is 0 Å². The molecule has 0 aromatic carbocycles. The van der Waals surface area contributed by atoms with Gasteiger partial charge in [-0.3, -0.25) is 0 Å². The van der Waals surface area contributed by atoms with E-state index < -0.39 is 0 Å². The van der Waals surface area contributed by atoms with Crippen LogP contribution in [0.1, 0.15) is 12.6 Å². The van der Waals surface area contributed by atoms with Crippen molar-refractivity contribution < 1.29 is 0 Å². The third-order valence-electron chi connectivity index (χ3n) is 2.37. The lowest BCUT2D eigenvalue weighted by Crippen LogP contribution is -2.09. The lowest BCUT2D eigenvalue weighted by atomic mass is 10.2. The van der Waals surface area contributed by atoms with Crippen LogP contribution in [0, 0.1) is 0 Å². The normalized spacial score (nSPS) is 12.2. The van der Waals surface area contributed by atoms with Gasteiger partial charge in [0.1, 0.15) is 0 Å². The molecule has 1 aromatic rings. The van der Waals surface area contributed by atoms with Gasteiger partial charge >= 0.3 is 0 Å². The van der Waals surface area contributed by atoms with Crippen LogP contribution in [0.25, 0.3) is 0 Å². The Hall–Kier alpha value is -1.61. The lowest BCUT2D eigenvalue weighted by molar-refractivity contribution is 0.731. The van der Waals surface area contributed by atoms with E-state index in [-0.39, 0.29) is 0 Å². The van der Waals surface area contributed by atoms with Crippen LogP contribution in [0.15, 0.2) is 49.0 Å². The third kappa shape index (κ3) is 3.51. The number of hydrogen-bond acceptors (Lipinski definition) is 2. The molecule has 1 rings (SSSR count). The standard InChI is InChI=1S/C13H19N3/c1-3-5-6-12(4-2)10-16-11-15-9-13(16)7-8-14/h3-6,9,11H,1,7-8,10,14H2,2H3/b6-5-,12-4+. The number of hydrogen-bond donors (Lipinski definition) is 1. The molecule has 0 unspecified atom stereocenters. The first kappa shape index (κ1) is 12.5. The molecule has 86 valence electrons. The second kappa shape index (κ2) is 6.80. The molecule has 0 fully saturated rings. The molecular weight excluding hydrogens is 198 g/mol. The molecule has 0 aliphatic heterocycles. The van der Waals surface area contributed by atoms with E-state index in [1.54, 1.807) is 6.08 Å². The van der Waals surface area contributed by atoms with Crippen LogP contribution in [0.5, 0.6) is 0 Å². The summed E-state index contributed by atoms with van der Waals surface area (Å²) in [6.45, 7) is 7.17. The largest absolute Gasteiger partial charge is 0.330 e. The van der Waals surface area contributed by atoms with E-state index in [1.807, 2.05) is 25.5 Å². The summed E-state index contributed by atoms with van der Waals surface area (Å²) >= 11 is 0. The Bertz CT molecular complexity index is 386. The van der Waals surface area contributed by atoms with E-state index in [9.17, 15) is 0 Å². The summed E-state index contributed by atoms with van der Waals surface area (Å²) in [4.78, 5) is 4.14. The number of allylic oxidation sites excluding steroid dienone is 5. The summed E-state index contributed by atoms with van der Waals surface area (Å²) in [6.07, 6.45) is 12.4. The first-order valence-electron chi connectivity index (χ1n) is 5.45. The van der Waals surface area contributed by atoms with Crippen molar-refractivity contribution in [3.05, 3.63) is 54.7 Å². The van der Waals surface area contributed by atoms with E-state index in [0.29, 0.717) is 6.54 Å². The van der Waals surface area contributed by atoms with E-state index >= 15 is 0 Å². The molecular formula is C13H19N3. The summed E-state index contributed by atoms with van der Waals surface area (Å²) in [5.41, 5.74) is 7.96. The number of aromatic nitrogens is 2. The van der Waals surface area contributed by atoms with Crippen molar-refractivity contribution >= 4 is 0 Å². The summed E-state index contributed by atoms with van der Waals surface area (Å²) in [5, 5.41) is 0. The van der Waals surface area contributed by atoms with E-state index in [0.717, 1.165) is 13.0 Å². The van der Waals surface area contributed by atoms with Gasteiger partial charge in [-0.2, -0.15) is 0 Å². The highest BCUT2D eigenvalue weighted by atomic mass is 15.0. The molecule has 0 amide bonds. The zero-order chi connectivity index (χ0) is 11.8. The Balaban J connectivity index is 2.74. The molecule has 0 spiro atoms. The third-order valence-corrected chi connectivity index (χ3v) is 2.37. The number of imidazole rings is 1. The number of nitrogens with two attached hydrogens (primary N) is 1. The minimum atomic E-state index is 0.652. The average molecular weight is 217 g/mol. The molecule has 3 heteroatoms. The maximum absolute atomic E-state index is 5.55. The molecule has 3 nitrogen and oxygen atoms in total. The monoisotopic (exact) mass is 217 g/mol. The van der Waals surface area contributed by atoms with Crippen LogP contribution in [-0.2, 0) is 13.0 Å². The Morgan fingerprint density at radius 3 is 3.06 bits per heavy atom. The van der Waals surface area contributed by atoms with E-state index in [4.69, 9.17) is 5.73 Å². The molecule has 1 heterocycles. The Labute approximate surface area is 97.0 Å². The molecule has 0 bridgehead atoms. The quantitative estimate of drug-likeness (QED) is 0.741. The van der Waals surface area contributed by atoms with Gasteiger partial charge in [0, 0.05) is 24.9 Å². The van der Waals surface area contributed by atoms with Gasteiger partial charge in [0.05, 0.1) is 6.33 Å². The van der Waals surface area contributed by atoms with Crippen LogP contribution < -0.4 is 5.73 Å². The molecule has 2 N–H and O–H groups in total. The summed E-state index contributed by atoms with van der Waals surface area (Å²) in [7, 11) is 0. The van der Waals surface area contributed by atoms with Crippen LogP contribution >= 0.6 is 0 Å². The highest BCUT2D eigenvalue weighted by Gasteiger charge is 2.01. The molecule has 0 saturated heterocycles. The molecule has 0 aliphatic rings. The average Bonchev–Trinajstić information content (AvgIpc) is 2.72. The fourth-order valence-corrected chi connectivity index (χ4v) is 1.48. The summed E-state index contributed by atoms with van der Waals surface area (Å²) in [5.74, 6) is 0. The van der Waals surface area contributed by atoms with Crippen LogP contribution in [0.3, 0.4) is 0 Å². The maximum atomic E-state index is 5.55. The van der Waals surface area contributed by atoms with Gasteiger partial charge in [0.2, 0.25) is 0 Å². The minimum Gasteiger partial charge on any atom is -0.330 e. The second-order valence-electron chi connectivity index (χ2n) is 3.51. The van der Waals surface area contributed by atoms with Gasteiger partial charge in [0.25, 0.3) is 0 Å². The predicted molar refractivity (Wildman–Crippen MR) is 68.1 cm³/mol. The van der Waals surface area contributed by atoms with Crippen molar-refractivity contribution in [1.82, 2.24) is 9.55 Å². The second-order valence-corrected chi connectivity index (χ2v) is 3.51. The van der Waals surface area contributed by atoms with Gasteiger partial charge in [0.15, 0.2) is 0 Å². The maximum Gasteiger partial charge on any atom is 0.0951 e. The molecule has 16 heavy (non-hydrogen) atoms. The number of rotatable bonds is 6. The highest BCUT2D eigenvalue weighted by Crippen LogP contribution is 2.06. The molecule has 0 aliphatic carbocycles. The molecule has 0 atom stereocenters. The first-order chi connectivity index (χ1) is 7.81. The summed E-state index contributed by atoms with van der Waals surface area (Å²) in [6, 6.07) is 0. The Morgan fingerprint density at radius 2 is 2.44 bits per heavy atom. The smallest absolute Gasteiger partial charge is 0.0951 e. The molecule has 0 saturated carbocycles. The van der Waals surface area contributed by atoms with Gasteiger partial charge in [-0.1, -0.05) is 30.9 Å². The minimum absolute atomic E-state index is 0.652. The van der Waals surface area contributed by atoms with Crippen molar-refractivity contribution in [2.75, 3.05) is 6.54 Å². The number of nitrogens with zero attached hydrogens (tertiary/aromatic N) is 2. The van der Waals surface area contributed by atoms with E-state index in [1.165, 1.54) is 11.3 Å². The SMILES string of the molecule is C=C/C=C\C(=C/C)Cn1cncc1CCN. The fraction of sp³-hybridized carbons (Fsp3) is 0.308. The van der Waals surface area contributed by atoms with Crippen molar-refractivity contribution in [2.45, 2.75) is 19.9 Å². The van der Waals surface area contributed by atoms with Crippen molar-refractivity contribution in [2.24, 2.45) is 5.73 Å². The van der Waals surface area contributed by atoms with Crippen LogP contribution in [0.4, 0.5) is 0 Å². The van der Waals surface area contributed by atoms with E-state index in [2.05, 4.69) is 28.3 Å². The van der Waals surface area contributed by atoms with Crippen molar-refractivity contribution in [1.29, 1.82) is 0 Å². The topological polar surface area (TPSA) is 43.8 Å².